The summed E-state index contributed by atoms with van der Waals surface area (Å²) < 4.78 is 5.35. The van der Waals surface area contributed by atoms with E-state index in [0.29, 0.717) is 12.6 Å². The number of amides is 1. The lowest BCUT2D eigenvalue weighted by atomic mass is 10.2. The van der Waals surface area contributed by atoms with Gasteiger partial charge in [0.2, 0.25) is 0 Å². The molecule has 1 aliphatic heterocycles. The number of hydrogen-bond donors (Lipinski definition) is 2. The van der Waals surface area contributed by atoms with Crippen molar-refractivity contribution in [2.24, 2.45) is 0 Å². The highest BCUT2D eigenvalue weighted by Gasteiger charge is 2.29. The maximum atomic E-state index is 11.9. The van der Waals surface area contributed by atoms with Crippen molar-refractivity contribution in [2.45, 2.75) is 64.7 Å². The molecule has 1 fully saturated rings. The van der Waals surface area contributed by atoms with E-state index < -0.39 is 5.60 Å². The van der Waals surface area contributed by atoms with Gasteiger partial charge in [0, 0.05) is 19.1 Å². The molecule has 2 unspecified atom stereocenters. The second kappa shape index (κ2) is 7.10. The van der Waals surface area contributed by atoms with E-state index in [2.05, 4.69) is 5.32 Å². The summed E-state index contributed by atoms with van der Waals surface area (Å²) in [5, 5.41) is 12.9. The Kier molecular flexibility index (Phi) is 6.07. The van der Waals surface area contributed by atoms with Crippen molar-refractivity contribution in [3.8, 4) is 0 Å². The van der Waals surface area contributed by atoms with E-state index in [1.165, 1.54) is 0 Å². The second-order valence-corrected chi connectivity index (χ2v) is 6.22. The molecule has 0 aromatic carbocycles. The Morgan fingerprint density at radius 1 is 1.53 bits per heavy atom. The van der Waals surface area contributed by atoms with Crippen LogP contribution in [-0.2, 0) is 4.74 Å². The third-order valence-corrected chi connectivity index (χ3v) is 3.22. The van der Waals surface area contributed by atoms with Gasteiger partial charge >= 0.3 is 6.09 Å². The fourth-order valence-corrected chi connectivity index (χ4v) is 2.08. The first-order valence-electron chi connectivity index (χ1n) is 7.21. The van der Waals surface area contributed by atoms with Gasteiger partial charge in [-0.15, -0.1) is 0 Å². The molecule has 1 saturated heterocycles. The minimum Gasteiger partial charge on any atom is -0.444 e. The molecule has 1 heterocycles. The zero-order valence-corrected chi connectivity index (χ0v) is 12.6. The number of likely N-dealkylation sites (tertiary alicyclic amines) is 1. The standard InChI is InChI=1S/C14H28N2O3/c1-5-12(17)6-8-15-11-7-9-16(10-11)13(18)19-14(2,3)4/h11-12,15,17H,5-10H2,1-4H3. The number of carbonyl (C=O) groups excluding carboxylic acids is 1. The van der Waals surface area contributed by atoms with Crippen molar-refractivity contribution < 1.29 is 14.6 Å². The zero-order valence-electron chi connectivity index (χ0n) is 12.6. The average Bonchev–Trinajstić information content (AvgIpc) is 2.75. The molecule has 19 heavy (non-hydrogen) atoms. The van der Waals surface area contributed by atoms with Crippen molar-refractivity contribution >= 4 is 6.09 Å². The molecule has 1 aliphatic rings. The zero-order chi connectivity index (χ0) is 14.5. The Labute approximate surface area is 116 Å². The number of rotatable bonds is 5. The van der Waals surface area contributed by atoms with Crippen molar-refractivity contribution in [1.29, 1.82) is 0 Å². The summed E-state index contributed by atoms with van der Waals surface area (Å²) in [6, 6.07) is 0.316. The third-order valence-electron chi connectivity index (χ3n) is 3.22. The van der Waals surface area contributed by atoms with Crippen molar-refractivity contribution in [3.63, 3.8) is 0 Å². The van der Waals surface area contributed by atoms with E-state index in [1.807, 2.05) is 27.7 Å². The van der Waals surface area contributed by atoms with E-state index >= 15 is 0 Å². The van der Waals surface area contributed by atoms with Gasteiger partial charge in [0.25, 0.3) is 0 Å². The van der Waals surface area contributed by atoms with Crippen LogP contribution in [0.1, 0.15) is 47.0 Å². The first-order valence-corrected chi connectivity index (χ1v) is 7.21. The molecule has 0 bridgehead atoms. The predicted molar refractivity (Wildman–Crippen MR) is 75.1 cm³/mol. The highest BCUT2D eigenvalue weighted by Crippen LogP contribution is 2.15. The third kappa shape index (κ3) is 6.25. The molecule has 0 aromatic heterocycles. The minimum atomic E-state index is -0.437. The Morgan fingerprint density at radius 3 is 2.79 bits per heavy atom. The van der Waals surface area contributed by atoms with Crippen LogP contribution in [0.15, 0.2) is 0 Å². The molecule has 0 saturated carbocycles. The van der Waals surface area contributed by atoms with Gasteiger partial charge < -0.3 is 20.1 Å². The SMILES string of the molecule is CCC(O)CCNC1CCN(C(=O)OC(C)(C)C)C1. The highest BCUT2D eigenvalue weighted by atomic mass is 16.6. The van der Waals surface area contributed by atoms with Crippen LogP contribution in [0.25, 0.3) is 0 Å². The fourth-order valence-electron chi connectivity index (χ4n) is 2.08. The summed E-state index contributed by atoms with van der Waals surface area (Å²) in [5.74, 6) is 0. The van der Waals surface area contributed by atoms with Crippen molar-refractivity contribution in [3.05, 3.63) is 0 Å². The number of nitrogens with one attached hydrogen (secondary N) is 1. The minimum absolute atomic E-state index is 0.226. The summed E-state index contributed by atoms with van der Waals surface area (Å²) in [5.41, 5.74) is -0.437. The Morgan fingerprint density at radius 2 is 2.21 bits per heavy atom. The van der Waals surface area contributed by atoms with Crippen LogP contribution in [0.3, 0.4) is 0 Å². The Balaban J connectivity index is 2.24. The van der Waals surface area contributed by atoms with E-state index in [0.717, 1.165) is 32.4 Å². The van der Waals surface area contributed by atoms with Crippen LogP contribution in [0.5, 0.6) is 0 Å². The monoisotopic (exact) mass is 272 g/mol. The molecule has 2 N–H and O–H groups in total. The lowest BCUT2D eigenvalue weighted by Crippen LogP contribution is -2.38. The number of aliphatic hydroxyl groups excluding tert-OH is 1. The summed E-state index contributed by atoms with van der Waals surface area (Å²) in [6.45, 7) is 9.83. The number of ether oxygens (including phenoxy) is 1. The van der Waals surface area contributed by atoms with Gasteiger partial charge in [0.1, 0.15) is 5.60 Å². The predicted octanol–water partition coefficient (Wildman–Crippen LogP) is 1.75. The van der Waals surface area contributed by atoms with Gasteiger partial charge in [-0.25, -0.2) is 4.79 Å². The summed E-state index contributed by atoms with van der Waals surface area (Å²) >= 11 is 0. The molecule has 1 rings (SSSR count). The number of aliphatic hydroxyl groups is 1. The molecule has 2 atom stereocenters. The number of nitrogens with zero attached hydrogens (tertiary/aromatic N) is 1. The summed E-state index contributed by atoms with van der Waals surface area (Å²) in [6.07, 6.45) is 2.04. The Bertz CT molecular complexity index is 289. The molecule has 0 aliphatic carbocycles. The molecular weight excluding hydrogens is 244 g/mol. The maximum Gasteiger partial charge on any atom is 0.410 e. The Hall–Kier alpha value is -0.810. The first kappa shape index (κ1) is 16.2. The van der Waals surface area contributed by atoms with Gasteiger partial charge in [0.15, 0.2) is 0 Å². The van der Waals surface area contributed by atoms with Crippen LogP contribution < -0.4 is 5.32 Å². The van der Waals surface area contributed by atoms with E-state index in [4.69, 9.17) is 4.74 Å². The van der Waals surface area contributed by atoms with Crippen molar-refractivity contribution in [1.82, 2.24) is 10.2 Å². The number of hydrogen-bond acceptors (Lipinski definition) is 4. The lowest BCUT2D eigenvalue weighted by Gasteiger charge is -2.24. The van der Waals surface area contributed by atoms with Gasteiger partial charge in [-0.3, -0.25) is 0 Å². The largest absolute Gasteiger partial charge is 0.444 e. The van der Waals surface area contributed by atoms with Crippen LogP contribution in [-0.4, -0.2) is 53.5 Å². The van der Waals surface area contributed by atoms with Crippen LogP contribution >= 0.6 is 0 Å². The summed E-state index contributed by atoms with van der Waals surface area (Å²) in [4.78, 5) is 13.6. The normalized spacial score (nSPS) is 21.5. The molecule has 0 aromatic rings. The van der Waals surface area contributed by atoms with Gasteiger partial charge in [-0.2, -0.15) is 0 Å². The smallest absolute Gasteiger partial charge is 0.410 e. The summed E-state index contributed by atoms with van der Waals surface area (Å²) in [7, 11) is 0. The second-order valence-electron chi connectivity index (χ2n) is 6.22. The van der Waals surface area contributed by atoms with Crippen molar-refractivity contribution in [2.75, 3.05) is 19.6 Å². The van der Waals surface area contributed by atoms with Crippen LogP contribution in [0, 0.1) is 0 Å². The maximum absolute atomic E-state index is 11.9. The quantitative estimate of drug-likeness (QED) is 0.800. The number of carbonyl (C=O) groups is 1. The highest BCUT2D eigenvalue weighted by molar-refractivity contribution is 5.68. The molecule has 112 valence electrons. The van der Waals surface area contributed by atoms with Gasteiger partial charge in [-0.05, 0) is 46.6 Å². The van der Waals surface area contributed by atoms with Crippen LogP contribution in [0.4, 0.5) is 4.79 Å². The molecular formula is C14H28N2O3. The van der Waals surface area contributed by atoms with E-state index in [-0.39, 0.29) is 12.2 Å². The van der Waals surface area contributed by atoms with E-state index in [9.17, 15) is 9.90 Å². The lowest BCUT2D eigenvalue weighted by molar-refractivity contribution is 0.0290. The first-order chi connectivity index (χ1) is 8.81. The van der Waals surface area contributed by atoms with Crippen LogP contribution in [0.2, 0.25) is 0 Å². The van der Waals surface area contributed by atoms with E-state index in [1.54, 1.807) is 4.90 Å². The molecule has 5 nitrogen and oxygen atoms in total. The molecule has 0 spiro atoms. The molecule has 0 radical (unpaired) electrons. The van der Waals surface area contributed by atoms with Gasteiger partial charge in [-0.1, -0.05) is 6.92 Å². The van der Waals surface area contributed by atoms with Gasteiger partial charge in [0.05, 0.1) is 6.10 Å². The molecule has 5 heteroatoms. The molecule has 1 amide bonds. The average molecular weight is 272 g/mol. The topological polar surface area (TPSA) is 61.8 Å². The fraction of sp³-hybridized carbons (Fsp3) is 0.929.